The van der Waals surface area contributed by atoms with Crippen LogP contribution in [0, 0.1) is 94.9 Å². The molecule has 4 rings (SSSR count). The van der Waals surface area contributed by atoms with E-state index in [1.807, 2.05) is 27.7 Å². The van der Waals surface area contributed by atoms with Gasteiger partial charge in [0.05, 0.1) is 48.7 Å². The van der Waals surface area contributed by atoms with E-state index in [0.717, 1.165) is 22.3 Å². The van der Waals surface area contributed by atoms with Gasteiger partial charge in [0, 0.05) is 11.8 Å². The summed E-state index contributed by atoms with van der Waals surface area (Å²) < 4.78 is 20.9. The number of benzene rings is 4. The lowest BCUT2D eigenvalue weighted by Crippen LogP contribution is -2.30. The topological polar surface area (TPSA) is 247 Å². The lowest BCUT2D eigenvalue weighted by atomic mass is 9.88. The zero-order valence-electron chi connectivity index (χ0n) is 42.2. The third kappa shape index (κ3) is 16.5. The molecule has 0 aliphatic carbocycles. The summed E-state index contributed by atoms with van der Waals surface area (Å²) in [6.45, 7) is 18.5. The van der Waals surface area contributed by atoms with Gasteiger partial charge in [0.1, 0.15) is 0 Å². The molecule has 72 heavy (non-hydrogen) atoms. The fraction of sp³-hybridized carbons (Fsp3) is 0.385. The lowest BCUT2D eigenvalue weighted by Gasteiger charge is -2.26. The van der Waals surface area contributed by atoms with Crippen molar-refractivity contribution in [1.29, 1.82) is 0 Å². The second-order valence-corrected chi connectivity index (χ2v) is 17.3. The second-order valence-electron chi connectivity index (χ2n) is 17.3. The molecule has 4 aromatic carbocycles. The monoisotopic (exact) mass is 1000 g/mol. The minimum absolute atomic E-state index is 0.151. The molecule has 0 saturated heterocycles. The smallest absolute Gasteiger partial charge is 0.432 e. The van der Waals surface area contributed by atoms with E-state index < -0.39 is 86.8 Å². The maximum atomic E-state index is 12.9. The first-order chi connectivity index (χ1) is 33.9. The molecule has 0 amide bonds. The second kappa shape index (κ2) is 26.2. The summed E-state index contributed by atoms with van der Waals surface area (Å²) in [7, 11) is 0. The first-order valence-corrected chi connectivity index (χ1v) is 22.5. The van der Waals surface area contributed by atoms with Gasteiger partial charge in [-0.25, -0.2) is 58.3 Å². The lowest BCUT2D eigenvalue weighted by molar-refractivity contribution is -0.208. The zero-order chi connectivity index (χ0) is 53.4. The van der Waals surface area contributed by atoms with Crippen LogP contribution in [-0.2, 0) is 58.0 Å². The Morgan fingerprint density at radius 1 is 0.306 bits per heavy atom. The number of carbonyl (C=O) groups excluding carboxylic acids is 8. The summed E-state index contributed by atoms with van der Waals surface area (Å²) in [4.78, 5) is 140. The molecule has 0 heterocycles. The van der Waals surface area contributed by atoms with Crippen LogP contribution in [-0.4, -0.2) is 74.9 Å². The van der Waals surface area contributed by atoms with Crippen LogP contribution in [0.15, 0.2) is 48.5 Å². The third-order valence-electron chi connectivity index (χ3n) is 11.2. The van der Waals surface area contributed by atoms with Crippen LogP contribution in [0.25, 0.3) is 0 Å². The fourth-order valence-corrected chi connectivity index (χ4v) is 8.41. The van der Waals surface area contributed by atoms with Crippen LogP contribution >= 0.6 is 0 Å². The van der Waals surface area contributed by atoms with Gasteiger partial charge in [0.2, 0.25) is 0 Å². The molecule has 0 saturated carbocycles. The number of hydrogen-bond acceptors (Lipinski definition) is 20. The van der Waals surface area contributed by atoms with Crippen molar-refractivity contribution >= 4 is 48.5 Å². The fourth-order valence-electron chi connectivity index (χ4n) is 8.41. The van der Waals surface area contributed by atoms with Crippen LogP contribution in [0.2, 0.25) is 0 Å². The summed E-state index contributed by atoms with van der Waals surface area (Å²) >= 11 is 0. The van der Waals surface area contributed by atoms with Crippen LogP contribution in [0.3, 0.4) is 0 Å². The number of hydrogen-bond donors (Lipinski definition) is 0. The molecular formula is C52H58O20. The molecule has 0 aromatic heterocycles. The molecule has 0 aliphatic heterocycles. The Balaban J connectivity index is 1.50. The Kier molecular flexibility index (Phi) is 20.5. The number of aryl methyl sites for hydroxylation is 12. The standard InChI is InChI=1S/C52H58O20/c1-27-17-31(5)41(32(6)18-27)45(53)65-69-49(57)61-15-13-39(25-63-51(59)71-67-47(55)43-35(9)21-29(3)22-36(43)10)40(26-64-52(60)72-68-48(56)44-37(11)23-30(4)24-38(44)12)14-16-62-50(58)70-66-46(54)42-33(7)19-28(2)20-34(42)8/h17-24,39-40H,13-16,25-26H2,1-12H3. The predicted molar refractivity (Wildman–Crippen MR) is 250 cm³/mol. The largest absolute Gasteiger partial charge is 0.549 e. The van der Waals surface area contributed by atoms with E-state index in [4.69, 9.17) is 38.5 Å². The Bertz CT molecular complexity index is 2430. The van der Waals surface area contributed by atoms with Gasteiger partial charge in [0.15, 0.2) is 0 Å². The number of carbonyl (C=O) groups is 8. The molecule has 0 fully saturated rings. The number of ether oxygens (including phenoxy) is 4. The van der Waals surface area contributed by atoms with Crippen molar-refractivity contribution in [2.45, 2.75) is 95.9 Å². The van der Waals surface area contributed by atoms with E-state index in [2.05, 4.69) is 19.6 Å². The number of rotatable bonds is 15. The van der Waals surface area contributed by atoms with Gasteiger partial charge in [0.25, 0.3) is 0 Å². The van der Waals surface area contributed by atoms with Crippen LogP contribution < -0.4 is 0 Å². The quantitative estimate of drug-likeness (QED) is 0.0465. The Morgan fingerprint density at radius 2 is 0.500 bits per heavy atom. The third-order valence-corrected chi connectivity index (χ3v) is 11.2. The first-order valence-electron chi connectivity index (χ1n) is 22.5. The van der Waals surface area contributed by atoms with E-state index in [1.54, 1.807) is 104 Å². The highest BCUT2D eigenvalue weighted by Gasteiger charge is 2.29. The molecule has 0 N–H and O–H groups in total. The van der Waals surface area contributed by atoms with Crippen molar-refractivity contribution in [1.82, 2.24) is 0 Å². The molecule has 20 heteroatoms. The maximum Gasteiger partial charge on any atom is 0.549 e. The summed E-state index contributed by atoms with van der Waals surface area (Å²) in [5.74, 6) is -5.96. The molecule has 0 radical (unpaired) electrons. The minimum atomic E-state index is -1.49. The van der Waals surface area contributed by atoms with Crippen molar-refractivity contribution in [2.75, 3.05) is 26.4 Å². The molecule has 2 atom stereocenters. The van der Waals surface area contributed by atoms with E-state index in [-0.39, 0.29) is 35.1 Å². The van der Waals surface area contributed by atoms with Gasteiger partial charge in [-0.3, -0.25) is 0 Å². The summed E-state index contributed by atoms with van der Waals surface area (Å²) in [6, 6.07) is 13.9. The van der Waals surface area contributed by atoms with Crippen LogP contribution in [0.5, 0.6) is 0 Å². The molecule has 20 nitrogen and oxygen atoms in total. The highest BCUT2D eigenvalue weighted by atomic mass is 17.3. The van der Waals surface area contributed by atoms with Crippen molar-refractivity contribution in [3.8, 4) is 0 Å². The van der Waals surface area contributed by atoms with Crippen molar-refractivity contribution in [3.63, 3.8) is 0 Å². The SMILES string of the molecule is Cc1cc(C)c(C(=O)OOC(=O)OCCC(COC(=O)OOC(=O)c2c(C)cc(C)cc2C)C(CCOC(=O)OOC(=O)c2c(C)cc(C)cc2C)COC(=O)OOC(=O)c2c(C)cc(C)cc2C)c(C)c1. The molecule has 0 spiro atoms. The predicted octanol–water partition coefficient (Wildman–Crippen LogP) is 10.4. The van der Waals surface area contributed by atoms with E-state index in [1.165, 1.54) is 0 Å². The Hall–Kier alpha value is -8.16. The summed E-state index contributed by atoms with van der Waals surface area (Å²) in [5, 5.41) is 0. The van der Waals surface area contributed by atoms with E-state index in [9.17, 15) is 38.4 Å². The van der Waals surface area contributed by atoms with Crippen LogP contribution in [0.4, 0.5) is 19.2 Å². The normalized spacial score (nSPS) is 11.4. The van der Waals surface area contributed by atoms with Crippen molar-refractivity contribution < 1.29 is 96.4 Å². The molecule has 386 valence electrons. The highest BCUT2D eigenvalue weighted by molar-refractivity contribution is 5.94. The minimum Gasteiger partial charge on any atom is -0.432 e. The van der Waals surface area contributed by atoms with Gasteiger partial charge in [-0.2, -0.15) is 19.2 Å². The molecule has 2 unspecified atom stereocenters. The Labute approximate surface area is 415 Å². The molecular weight excluding hydrogens is 945 g/mol. The van der Waals surface area contributed by atoms with Crippen LogP contribution in [0.1, 0.15) is 121 Å². The average Bonchev–Trinajstić information content (AvgIpc) is 3.27. The summed E-state index contributed by atoms with van der Waals surface area (Å²) in [6.07, 6.45) is -6.33. The Morgan fingerprint density at radius 3 is 0.708 bits per heavy atom. The maximum absolute atomic E-state index is 12.9. The van der Waals surface area contributed by atoms with Gasteiger partial charge >= 0.3 is 48.5 Å². The van der Waals surface area contributed by atoms with E-state index in [0.29, 0.717) is 44.5 Å². The van der Waals surface area contributed by atoms with Crippen molar-refractivity contribution in [3.05, 3.63) is 138 Å². The van der Waals surface area contributed by atoms with Gasteiger partial charge in [-0.05, 0) is 140 Å². The first kappa shape index (κ1) is 56.4. The average molecular weight is 1000 g/mol. The van der Waals surface area contributed by atoms with Gasteiger partial charge in [-0.15, -0.1) is 0 Å². The molecule has 4 aromatic rings. The molecule has 0 aliphatic rings. The summed E-state index contributed by atoms with van der Waals surface area (Å²) in [5.41, 5.74) is 8.71. The van der Waals surface area contributed by atoms with Crippen molar-refractivity contribution in [2.24, 2.45) is 11.8 Å². The van der Waals surface area contributed by atoms with E-state index >= 15 is 0 Å². The van der Waals surface area contributed by atoms with Gasteiger partial charge in [-0.1, -0.05) is 70.8 Å². The molecule has 0 bridgehead atoms. The highest BCUT2D eigenvalue weighted by Crippen LogP contribution is 2.25. The zero-order valence-corrected chi connectivity index (χ0v) is 42.2. The van der Waals surface area contributed by atoms with Gasteiger partial charge < -0.3 is 18.9 Å².